The summed E-state index contributed by atoms with van der Waals surface area (Å²) in [6.45, 7) is 0. The largest absolute Gasteiger partial charge is 0.497 e. The Balaban J connectivity index is 1.60. The smallest absolute Gasteiger partial charge is 0.213 e. The number of methoxy groups -OCH3 is 1. The van der Waals surface area contributed by atoms with Crippen LogP contribution < -0.4 is 9.47 Å². The van der Waals surface area contributed by atoms with Crippen molar-refractivity contribution in [1.29, 1.82) is 0 Å². The molecule has 7 heteroatoms. The molecule has 0 saturated carbocycles. The lowest BCUT2D eigenvalue weighted by Crippen LogP contribution is -2.33. The first-order chi connectivity index (χ1) is 14.5. The number of ether oxygens (including phenoxy) is 2. The number of hydrogen-bond donors (Lipinski definition) is 0. The fourth-order valence-corrected chi connectivity index (χ4v) is 4.60. The summed E-state index contributed by atoms with van der Waals surface area (Å²) in [4.78, 5) is 0. The Hall–Kier alpha value is -2.40. The first-order valence-electron chi connectivity index (χ1n) is 9.45. The molecule has 3 aromatic carbocycles. The van der Waals surface area contributed by atoms with Crippen LogP contribution in [0.5, 0.6) is 11.5 Å². The Morgan fingerprint density at radius 2 is 1.70 bits per heavy atom. The maximum atomic E-state index is 6.50. The van der Waals surface area contributed by atoms with Gasteiger partial charge in [-0.15, -0.1) is 0 Å². The van der Waals surface area contributed by atoms with E-state index in [0.717, 1.165) is 28.2 Å². The molecular formula is C23H17Cl3N2O2. The van der Waals surface area contributed by atoms with Gasteiger partial charge in [-0.1, -0.05) is 46.9 Å². The molecule has 0 aliphatic carbocycles. The molecule has 2 atom stereocenters. The van der Waals surface area contributed by atoms with E-state index in [4.69, 9.17) is 49.4 Å². The average Bonchev–Trinajstić information content (AvgIpc) is 3.20. The summed E-state index contributed by atoms with van der Waals surface area (Å²) >= 11 is 18.9. The number of nitrogens with zero attached hydrogens (tertiary/aromatic N) is 2. The number of benzene rings is 3. The molecule has 2 aliphatic rings. The van der Waals surface area contributed by atoms with Crippen LogP contribution in [0.4, 0.5) is 0 Å². The van der Waals surface area contributed by atoms with Gasteiger partial charge in [0.1, 0.15) is 11.5 Å². The minimum Gasteiger partial charge on any atom is -0.497 e. The predicted molar refractivity (Wildman–Crippen MR) is 120 cm³/mol. The zero-order valence-corrected chi connectivity index (χ0v) is 18.2. The molecule has 2 heterocycles. The van der Waals surface area contributed by atoms with Gasteiger partial charge < -0.3 is 9.47 Å². The van der Waals surface area contributed by atoms with E-state index in [-0.39, 0.29) is 6.04 Å². The van der Waals surface area contributed by atoms with Crippen LogP contribution in [-0.2, 0) is 0 Å². The Labute approximate surface area is 189 Å². The molecule has 3 aromatic rings. The van der Waals surface area contributed by atoms with E-state index < -0.39 is 6.23 Å². The van der Waals surface area contributed by atoms with Gasteiger partial charge in [0.2, 0.25) is 6.23 Å². The van der Waals surface area contributed by atoms with Gasteiger partial charge in [-0.2, -0.15) is 5.10 Å². The zero-order chi connectivity index (χ0) is 20.8. The highest BCUT2D eigenvalue weighted by molar-refractivity contribution is 6.35. The molecule has 2 aliphatic heterocycles. The van der Waals surface area contributed by atoms with Crippen molar-refractivity contribution in [2.45, 2.75) is 18.7 Å². The van der Waals surface area contributed by atoms with Crippen LogP contribution >= 0.6 is 34.8 Å². The molecule has 0 aromatic heterocycles. The van der Waals surface area contributed by atoms with Crippen molar-refractivity contribution in [3.05, 3.63) is 92.4 Å². The number of rotatable bonds is 3. The van der Waals surface area contributed by atoms with Gasteiger partial charge in [0.15, 0.2) is 0 Å². The quantitative estimate of drug-likeness (QED) is 0.427. The fraction of sp³-hybridized carbons (Fsp3) is 0.174. The molecule has 5 rings (SSSR count). The monoisotopic (exact) mass is 458 g/mol. The summed E-state index contributed by atoms with van der Waals surface area (Å²) in [5.41, 5.74) is 3.88. The van der Waals surface area contributed by atoms with Crippen molar-refractivity contribution in [3.63, 3.8) is 0 Å². The molecule has 30 heavy (non-hydrogen) atoms. The third-order valence-electron chi connectivity index (χ3n) is 5.39. The molecule has 0 bridgehead atoms. The second kappa shape index (κ2) is 7.69. The third-order valence-corrected chi connectivity index (χ3v) is 6.14. The zero-order valence-electron chi connectivity index (χ0n) is 16.0. The normalized spacial score (nSPS) is 19.6. The van der Waals surface area contributed by atoms with Crippen molar-refractivity contribution in [1.82, 2.24) is 5.01 Å². The Bertz CT molecular complexity index is 1130. The summed E-state index contributed by atoms with van der Waals surface area (Å²) in [5, 5.41) is 8.66. The van der Waals surface area contributed by atoms with Gasteiger partial charge >= 0.3 is 0 Å². The number of halogens is 3. The average molecular weight is 460 g/mol. The molecule has 0 fully saturated rings. The van der Waals surface area contributed by atoms with Gasteiger partial charge in [0, 0.05) is 27.6 Å². The van der Waals surface area contributed by atoms with Crippen molar-refractivity contribution >= 4 is 40.5 Å². The molecule has 4 nitrogen and oxygen atoms in total. The van der Waals surface area contributed by atoms with Crippen LogP contribution in [0, 0.1) is 0 Å². The number of hydrogen-bond acceptors (Lipinski definition) is 4. The Kier molecular flexibility index (Phi) is 5.02. The highest BCUT2D eigenvalue weighted by Crippen LogP contribution is 2.50. The summed E-state index contributed by atoms with van der Waals surface area (Å²) in [6.07, 6.45) is 0.290. The second-order valence-corrected chi connectivity index (χ2v) is 8.48. The molecule has 0 spiro atoms. The van der Waals surface area contributed by atoms with Crippen molar-refractivity contribution in [2.75, 3.05) is 7.11 Å². The predicted octanol–water partition coefficient (Wildman–Crippen LogP) is 6.90. The summed E-state index contributed by atoms with van der Waals surface area (Å²) in [5.74, 6) is 1.45. The summed E-state index contributed by atoms with van der Waals surface area (Å²) in [7, 11) is 1.65. The number of fused-ring (bicyclic) bond motifs is 3. The van der Waals surface area contributed by atoms with Crippen molar-refractivity contribution in [2.24, 2.45) is 5.10 Å². The molecule has 0 radical (unpaired) electrons. The second-order valence-electron chi connectivity index (χ2n) is 7.20. The first-order valence-corrected chi connectivity index (χ1v) is 10.6. The lowest BCUT2D eigenvalue weighted by atomic mass is 9.96. The van der Waals surface area contributed by atoms with Crippen molar-refractivity contribution in [3.8, 4) is 11.5 Å². The van der Waals surface area contributed by atoms with E-state index in [1.807, 2.05) is 59.6 Å². The first kappa shape index (κ1) is 19.6. The van der Waals surface area contributed by atoms with E-state index in [2.05, 4.69) is 0 Å². The lowest BCUT2D eigenvalue weighted by molar-refractivity contribution is -0.0189. The Morgan fingerprint density at radius 1 is 0.967 bits per heavy atom. The molecule has 0 N–H and O–H groups in total. The summed E-state index contributed by atoms with van der Waals surface area (Å²) in [6, 6.07) is 19.1. The minimum absolute atomic E-state index is 0.0391. The molecule has 0 amide bonds. The molecular weight excluding hydrogens is 443 g/mol. The van der Waals surface area contributed by atoms with Crippen LogP contribution in [0.2, 0.25) is 15.1 Å². The minimum atomic E-state index is -0.422. The molecule has 152 valence electrons. The van der Waals surface area contributed by atoms with Crippen LogP contribution in [0.3, 0.4) is 0 Å². The number of hydrazone groups is 1. The Morgan fingerprint density at radius 3 is 2.40 bits per heavy atom. The standard InChI is InChI=1S/C23H17Cl3N2O2/c1-29-17-8-4-13(5-9-17)20-12-21-18-10-16(25)11-19(26)22(18)30-23(28(21)27-20)14-2-6-15(24)7-3-14/h2-11,21,23H,12H2,1H3/t21-,23-/m1/s1. The van der Waals surface area contributed by atoms with E-state index >= 15 is 0 Å². The van der Waals surface area contributed by atoms with Crippen LogP contribution in [-0.4, -0.2) is 17.8 Å². The molecule has 0 saturated heterocycles. The van der Waals surface area contributed by atoms with Crippen LogP contribution in [0.25, 0.3) is 0 Å². The lowest BCUT2D eigenvalue weighted by Gasteiger charge is -2.38. The topological polar surface area (TPSA) is 34.1 Å². The van der Waals surface area contributed by atoms with E-state index in [1.54, 1.807) is 13.2 Å². The molecule has 0 unspecified atom stereocenters. The van der Waals surface area contributed by atoms with Crippen molar-refractivity contribution < 1.29 is 9.47 Å². The highest BCUT2D eigenvalue weighted by Gasteiger charge is 2.42. The highest BCUT2D eigenvalue weighted by atomic mass is 35.5. The fourth-order valence-electron chi connectivity index (χ4n) is 3.92. The third kappa shape index (κ3) is 3.39. The van der Waals surface area contributed by atoms with Gasteiger partial charge in [-0.05, 0) is 54.1 Å². The van der Waals surface area contributed by atoms with E-state index in [0.29, 0.717) is 27.2 Å². The van der Waals surface area contributed by atoms with E-state index in [1.165, 1.54) is 0 Å². The summed E-state index contributed by atoms with van der Waals surface area (Å²) < 4.78 is 11.6. The maximum absolute atomic E-state index is 6.50. The SMILES string of the molecule is COc1ccc(C2=NN3[C@H](C2)c2cc(Cl)cc(Cl)c2O[C@@H]3c2ccc(Cl)cc2)cc1. The van der Waals surface area contributed by atoms with Gasteiger partial charge in [0.25, 0.3) is 0 Å². The van der Waals surface area contributed by atoms with Gasteiger partial charge in [0.05, 0.1) is 23.9 Å². The maximum Gasteiger partial charge on any atom is 0.213 e. The van der Waals surface area contributed by atoms with Crippen LogP contribution in [0.15, 0.2) is 65.8 Å². The van der Waals surface area contributed by atoms with Crippen LogP contribution in [0.1, 0.15) is 35.4 Å². The van der Waals surface area contributed by atoms with Gasteiger partial charge in [-0.25, -0.2) is 5.01 Å². The van der Waals surface area contributed by atoms with E-state index in [9.17, 15) is 0 Å². The van der Waals surface area contributed by atoms with Gasteiger partial charge in [-0.3, -0.25) is 0 Å².